The van der Waals surface area contributed by atoms with Gasteiger partial charge in [-0.1, -0.05) is 36.4 Å². The third kappa shape index (κ3) is 2.91. The maximum Gasteiger partial charge on any atom is 0.148 e. The zero-order valence-corrected chi connectivity index (χ0v) is 10.6. The summed E-state index contributed by atoms with van der Waals surface area (Å²) in [7, 11) is 0. The molecule has 2 nitrogen and oxygen atoms in total. The van der Waals surface area contributed by atoms with Crippen molar-refractivity contribution in [2.45, 2.75) is 12.8 Å². The standard InChI is InChI=1S/C17H15NO/c1-2-5-14(6-3-1)13-15-8-9-16(18-11-10-15)17-7-4-12-19-17/h1-8,10-12H,9,13H2. The van der Waals surface area contributed by atoms with Crippen molar-refractivity contribution in [3.8, 4) is 0 Å². The molecule has 0 bridgehead atoms. The van der Waals surface area contributed by atoms with Crippen molar-refractivity contribution in [2.24, 2.45) is 4.99 Å². The number of aliphatic imine (C=N–C) groups is 1. The van der Waals surface area contributed by atoms with Crippen LogP contribution in [0.1, 0.15) is 17.7 Å². The Morgan fingerprint density at radius 1 is 1.05 bits per heavy atom. The van der Waals surface area contributed by atoms with E-state index in [0.29, 0.717) is 0 Å². The van der Waals surface area contributed by atoms with Crippen LogP contribution in [0.15, 0.2) is 82.1 Å². The molecule has 0 N–H and O–H groups in total. The molecule has 2 heteroatoms. The third-order valence-corrected chi connectivity index (χ3v) is 3.13. The number of rotatable bonds is 3. The van der Waals surface area contributed by atoms with Crippen molar-refractivity contribution in [2.75, 3.05) is 0 Å². The number of allylic oxidation sites excluding steroid dienone is 3. The lowest BCUT2D eigenvalue weighted by Gasteiger charge is -2.01. The van der Waals surface area contributed by atoms with Gasteiger partial charge in [-0.15, -0.1) is 0 Å². The van der Waals surface area contributed by atoms with Gasteiger partial charge in [0.15, 0.2) is 0 Å². The van der Waals surface area contributed by atoms with Crippen LogP contribution in [0.4, 0.5) is 0 Å². The number of hydrogen-bond acceptors (Lipinski definition) is 2. The smallest absolute Gasteiger partial charge is 0.148 e. The molecule has 0 spiro atoms. The minimum absolute atomic E-state index is 0.808. The van der Waals surface area contributed by atoms with E-state index in [9.17, 15) is 0 Å². The Morgan fingerprint density at radius 3 is 2.74 bits per heavy atom. The highest BCUT2D eigenvalue weighted by atomic mass is 16.3. The van der Waals surface area contributed by atoms with E-state index in [1.165, 1.54) is 11.1 Å². The van der Waals surface area contributed by atoms with E-state index in [2.05, 4.69) is 41.4 Å². The molecule has 0 saturated carbocycles. The van der Waals surface area contributed by atoms with Gasteiger partial charge in [0.25, 0.3) is 0 Å². The lowest BCUT2D eigenvalue weighted by Crippen LogP contribution is -1.96. The Balaban J connectivity index is 1.74. The predicted octanol–water partition coefficient (Wildman–Crippen LogP) is 4.16. The molecule has 0 amide bonds. The largest absolute Gasteiger partial charge is 0.463 e. The van der Waals surface area contributed by atoms with Gasteiger partial charge in [-0.05, 0) is 35.8 Å². The molecule has 1 aromatic heterocycles. The maximum atomic E-state index is 5.39. The quantitative estimate of drug-likeness (QED) is 0.802. The second kappa shape index (κ2) is 5.53. The SMILES string of the molecule is C1=CC(Cc2ccccc2)=CCC(c2ccco2)=N1. The second-order valence-corrected chi connectivity index (χ2v) is 4.51. The fraction of sp³-hybridized carbons (Fsp3) is 0.118. The monoisotopic (exact) mass is 249 g/mol. The Hall–Kier alpha value is -2.35. The summed E-state index contributed by atoms with van der Waals surface area (Å²) >= 11 is 0. The summed E-state index contributed by atoms with van der Waals surface area (Å²) in [6.07, 6.45) is 9.59. The van der Waals surface area contributed by atoms with Crippen LogP contribution in [0.25, 0.3) is 0 Å². The fourth-order valence-electron chi connectivity index (χ4n) is 2.14. The van der Waals surface area contributed by atoms with Crippen LogP contribution in [-0.4, -0.2) is 5.71 Å². The molecular weight excluding hydrogens is 234 g/mol. The summed E-state index contributed by atoms with van der Waals surface area (Å²) in [5.74, 6) is 0.849. The predicted molar refractivity (Wildman–Crippen MR) is 77.2 cm³/mol. The highest BCUT2D eigenvalue weighted by Crippen LogP contribution is 2.15. The van der Waals surface area contributed by atoms with Gasteiger partial charge in [-0.25, -0.2) is 0 Å². The van der Waals surface area contributed by atoms with Crippen molar-refractivity contribution in [1.29, 1.82) is 0 Å². The summed E-state index contributed by atoms with van der Waals surface area (Å²) in [6.45, 7) is 0. The molecule has 2 heterocycles. The van der Waals surface area contributed by atoms with Crippen molar-refractivity contribution < 1.29 is 4.42 Å². The molecule has 2 aromatic rings. The van der Waals surface area contributed by atoms with Crippen LogP contribution in [0, 0.1) is 0 Å². The fourth-order valence-corrected chi connectivity index (χ4v) is 2.14. The zero-order chi connectivity index (χ0) is 12.9. The van der Waals surface area contributed by atoms with E-state index < -0.39 is 0 Å². The summed E-state index contributed by atoms with van der Waals surface area (Å²) in [5, 5.41) is 0. The highest BCUT2D eigenvalue weighted by Gasteiger charge is 2.07. The maximum absolute atomic E-state index is 5.39. The molecule has 0 saturated heterocycles. The summed E-state index contributed by atoms with van der Waals surface area (Å²) in [4.78, 5) is 4.45. The average Bonchev–Trinajstić information content (AvgIpc) is 2.88. The molecule has 0 radical (unpaired) electrons. The van der Waals surface area contributed by atoms with Crippen LogP contribution in [0.3, 0.4) is 0 Å². The zero-order valence-electron chi connectivity index (χ0n) is 10.6. The topological polar surface area (TPSA) is 25.5 Å². The van der Waals surface area contributed by atoms with E-state index in [1.54, 1.807) is 6.26 Å². The van der Waals surface area contributed by atoms with Crippen molar-refractivity contribution >= 4 is 5.71 Å². The first-order chi connectivity index (χ1) is 9.42. The lowest BCUT2D eigenvalue weighted by molar-refractivity contribution is 0.556. The molecule has 0 unspecified atom stereocenters. The minimum Gasteiger partial charge on any atom is -0.463 e. The van der Waals surface area contributed by atoms with Gasteiger partial charge >= 0.3 is 0 Å². The summed E-state index contributed by atoms with van der Waals surface area (Å²) in [6, 6.07) is 14.3. The number of nitrogens with zero attached hydrogens (tertiary/aromatic N) is 1. The van der Waals surface area contributed by atoms with Crippen molar-refractivity contribution in [1.82, 2.24) is 0 Å². The average molecular weight is 249 g/mol. The molecular formula is C17H15NO. The lowest BCUT2D eigenvalue weighted by atomic mass is 10.0. The normalized spacial score (nSPS) is 14.7. The molecule has 0 aliphatic carbocycles. The van der Waals surface area contributed by atoms with Gasteiger partial charge in [0.2, 0.25) is 0 Å². The van der Waals surface area contributed by atoms with E-state index in [1.807, 2.05) is 24.4 Å². The van der Waals surface area contributed by atoms with Gasteiger partial charge in [-0.3, -0.25) is 4.99 Å². The molecule has 1 aliphatic rings. The van der Waals surface area contributed by atoms with Gasteiger partial charge in [0, 0.05) is 12.6 Å². The molecule has 1 aromatic carbocycles. The third-order valence-electron chi connectivity index (χ3n) is 3.13. The number of furan rings is 1. The minimum atomic E-state index is 0.808. The van der Waals surface area contributed by atoms with Crippen LogP contribution in [0.2, 0.25) is 0 Å². The Bertz CT molecular complexity index is 619. The van der Waals surface area contributed by atoms with Crippen LogP contribution < -0.4 is 0 Å². The first-order valence-corrected chi connectivity index (χ1v) is 6.42. The van der Waals surface area contributed by atoms with Gasteiger partial charge < -0.3 is 4.42 Å². The summed E-state index contributed by atoms with van der Waals surface area (Å²) in [5.41, 5.74) is 3.58. The van der Waals surface area contributed by atoms with Crippen molar-refractivity contribution in [3.63, 3.8) is 0 Å². The van der Waals surface area contributed by atoms with E-state index >= 15 is 0 Å². The molecule has 0 fully saturated rings. The van der Waals surface area contributed by atoms with Crippen LogP contribution in [0.5, 0.6) is 0 Å². The Labute approximate surface area is 112 Å². The Kier molecular flexibility index (Phi) is 3.41. The van der Waals surface area contributed by atoms with E-state index in [0.717, 1.165) is 24.3 Å². The molecule has 0 atom stereocenters. The molecule has 1 aliphatic heterocycles. The number of benzene rings is 1. The highest BCUT2D eigenvalue weighted by molar-refractivity contribution is 5.99. The van der Waals surface area contributed by atoms with Gasteiger partial charge in [-0.2, -0.15) is 0 Å². The first-order valence-electron chi connectivity index (χ1n) is 6.42. The first kappa shape index (κ1) is 11.7. The molecule has 19 heavy (non-hydrogen) atoms. The molecule has 3 rings (SSSR count). The van der Waals surface area contributed by atoms with Crippen LogP contribution >= 0.6 is 0 Å². The van der Waals surface area contributed by atoms with E-state index in [4.69, 9.17) is 4.42 Å². The van der Waals surface area contributed by atoms with Crippen molar-refractivity contribution in [3.05, 3.63) is 84.0 Å². The second-order valence-electron chi connectivity index (χ2n) is 4.51. The number of hydrogen-bond donors (Lipinski definition) is 0. The Morgan fingerprint density at radius 2 is 1.95 bits per heavy atom. The van der Waals surface area contributed by atoms with Gasteiger partial charge in [0.05, 0.1) is 12.0 Å². The summed E-state index contributed by atoms with van der Waals surface area (Å²) < 4.78 is 5.39. The van der Waals surface area contributed by atoms with Crippen LogP contribution in [-0.2, 0) is 6.42 Å². The molecule has 94 valence electrons. The van der Waals surface area contributed by atoms with Gasteiger partial charge in [0.1, 0.15) is 5.76 Å². The van der Waals surface area contributed by atoms with E-state index in [-0.39, 0.29) is 0 Å².